The average molecular weight is 221 g/mol. The molecule has 2 atom stereocenters. The van der Waals surface area contributed by atoms with E-state index in [2.05, 4.69) is 10.5 Å². The van der Waals surface area contributed by atoms with Crippen molar-refractivity contribution in [2.75, 3.05) is 19.6 Å². The lowest BCUT2D eigenvalue weighted by Crippen LogP contribution is -2.48. The predicted octanol–water partition coefficient (Wildman–Crippen LogP) is 0.499. The van der Waals surface area contributed by atoms with Gasteiger partial charge >= 0.3 is 0 Å². The number of likely N-dealkylation sites (tertiary alicyclic amines) is 1. The fraction of sp³-hybridized carbons (Fsp3) is 0.636. The monoisotopic (exact) mass is 221 g/mol. The van der Waals surface area contributed by atoms with E-state index in [0.29, 0.717) is 17.5 Å². The Morgan fingerprint density at radius 2 is 2.50 bits per heavy atom. The Kier molecular flexibility index (Phi) is 2.40. The van der Waals surface area contributed by atoms with Crippen molar-refractivity contribution in [3.8, 4) is 0 Å². The van der Waals surface area contributed by atoms with Gasteiger partial charge in [-0.1, -0.05) is 5.16 Å². The lowest BCUT2D eigenvalue weighted by atomic mass is 9.91. The molecule has 3 heterocycles. The van der Waals surface area contributed by atoms with Gasteiger partial charge in [0.25, 0.3) is 5.91 Å². The molecular formula is C11H15N3O2. The number of carbonyl (C=O) groups is 1. The van der Waals surface area contributed by atoms with Crippen LogP contribution < -0.4 is 5.32 Å². The highest BCUT2D eigenvalue weighted by Gasteiger charge is 2.37. The van der Waals surface area contributed by atoms with Crippen LogP contribution in [0.2, 0.25) is 0 Å². The molecule has 2 fully saturated rings. The Bertz CT molecular complexity index is 377. The van der Waals surface area contributed by atoms with Crippen LogP contribution in [0.15, 0.2) is 17.0 Å². The summed E-state index contributed by atoms with van der Waals surface area (Å²) in [5, 5.41) is 6.95. The van der Waals surface area contributed by atoms with Gasteiger partial charge in [-0.05, 0) is 18.8 Å². The topological polar surface area (TPSA) is 58.4 Å². The maximum atomic E-state index is 12.2. The lowest BCUT2D eigenvalue weighted by Gasteiger charge is -2.36. The first-order chi connectivity index (χ1) is 7.86. The first-order valence-electron chi connectivity index (χ1n) is 5.77. The average Bonchev–Trinajstić information content (AvgIpc) is 2.98. The molecule has 0 aliphatic carbocycles. The normalized spacial score (nSPS) is 29.1. The number of amides is 1. The summed E-state index contributed by atoms with van der Waals surface area (Å²) in [7, 11) is 0. The largest absolute Gasteiger partial charge is 0.364 e. The van der Waals surface area contributed by atoms with Crippen molar-refractivity contribution in [1.82, 2.24) is 15.4 Å². The minimum atomic E-state index is 0.0552. The van der Waals surface area contributed by atoms with E-state index < -0.39 is 0 Å². The molecule has 2 unspecified atom stereocenters. The first kappa shape index (κ1) is 9.84. The summed E-state index contributed by atoms with van der Waals surface area (Å²) in [4.78, 5) is 14.2. The Labute approximate surface area is 93.8 Å². The van der Waals surface area contributed by atoms with E-state index in [4.69, 9.17) is 4.52 Å². The molecule has 2 saturated heterocycles. The van der Waals surface area contributed by atoms with Gasteiger partial charge in [0.2, 0.25) is 0 Å². The van der Waals surface area contributed by atoms with Gasteiger partial charge in [0.05, 0.1) is 11.8 Å². The number of carbonyl (C=O) groups excluding carboxylic acids is 1. The summed E-state index contributed by atoms with van der Waals surface area (Å²) < 4.78 is 4.72. The van der Waals surface area contributed by atoms with Crippen molar-refractivity contribution < 1.29 is 9.32 Å². The summed E-state index contributed by atoms with van der Waals surface area (Å²) in [5.74, 6) is 0.678. The van der Waals surface area contributed by atoms with Crippen LogP contribution in [0.1, 0.15) is 23.2 Å². The van der Waals surface area contributed by atoms with Crippen LogP contribution in [0.25, 0.3) is 0 Å². The van der Waals surface area contributed by atoms with E-state index in [1.807, 2.05) is 4.90 Å². The second-order valence-electron chi connectivity index (χ2n) is 4.54. The molecule has 0 spiro atoms. The summed E-state index contributed by atoms with van der Waals surface area (Å²) in [5.41, 5.74) is 0.563. The number of hydrogen-bond acceptors (Lipinski definition) is 4. The second-order valence-corrected chi connectivity index (χ2v) is 4.54. The highest BCUT2D eigenvalue weighted by atomic mass is 16.5. The Balaban J connectivity index is 1.80. The van der Waals surface area contributed by atoms with Gasteiger partial charge in [-0.2, -0.15) is 0 Å². The van der Waals surface area contributed by atoms with Crippen LogP contribution in [0.4, 0.5) is 0 Å². The molecule has 2 aliphatic heterocycles. The van der Waals surface area contributed by atoms with Crippen molar-refractivity contribution in [3.05, 3.63) is 18.0 Å². The van der Waals surface area contributed by atoms with E-state index in [-0.39, 0.29) is 5.91 Å². The highest BCUT2D eigenvalue weighted by molar-refractivity contribution is 5.93. The fourth-order valence-electron chi connectivity index (χ4n) is 2.80. The smallest absolute Gasteiger partial charge is 0.259 e. The number of hydrogen-bond donors (Lipinski definition) is 1. The Hall–Kier alpha value is -1.36. The molecule has 3 rings (SSSR count). The maximum absolute atomic E-state index is 12.2. The van der Waals surface area contributed by atoms with Crippen LogP contribution in [-0.2, 0) is 0 Å². The molecule has 5 heteroatoms. The first-order valence-corrected chi connectivity index (χ1v) is 5.77. The lowest BCUT2D eigenvalue weighted by molar-refractivity contribution is 0.0574. The zero-order chi connectivity index (χ0) is 11.0. The summed E-state index contributed by atoms with van der Waals surface area (Å²) in [6, 6.07) is 0.358. The third-order valence-electron chi connectivity index (χ3n) is 3.62. The zero-order valence-corrected chi connectivity index (χ0v) is 9.06. The third-order valence-corrected chi connectivity index (χ3v) is 3.62. The van der Waals surface area contributed by atoms with Crippen LogP contribution in [0.5, 0.6) is 0 Å². The molecule has 0 bridgehead atoms. The van der Waals surface area contributed by atoms with Crippen molar-refractivity contribution in [2.45, 2.75) is 18.9 Å². The van der Waals surface area contributed by atoms with Crippen molar-refractivity contribution >= 4 is 5.91 Å². The summed E-state index contributed by atoms with van der Waals surface area (Å²) >= 11 is 0. The van der Waals surface area contributed by atoms with Crippen molar-refractivity contribution in [2.24, 2.45) is 5.92 Å². The predicted molar refractivity (Wildman–Crippen MR) is 56.9 cm³/mol. The third kappa shape index (κ3) is 1.51. The van der Waals surface area contributed by atoms with Gasteiger partial charge in [-0.25, -0.2) is 0 Å². The van der Waals surface area contributed by atoms with E-state index in [1.165, 1.54) is 18.9 Å². The molecule has 2 aliphatic rings. The van der Waals surface area contributed by atoms with Crippen molar-refractivity contribution in [1.29, 1.82) is 0 Å². The van der Waals surface area contributed by atoms with Gasteiger partial charge in [0.15, 0.2) is 0 Å². The SMILES string of the molecule is O=C(c1cnoc1)N1CCCC2CNCC21. The molecule has 1 aromatic heterocycles. The van der Waals surface area contributed by atoms with Crippen LogP contribution in [-0.4, -0.2) is 41.6 Å². The second kappa shape index (κ2) is 3.90. The minimum Gasteiger partial charge on any atom is -0.364 e. The Morgan fingerprint density at radius 1 is 1.56 bits per heavy atom. The molecular weight excluding hydrogens is 206 g/mol. The molecule has 0 radical (unpaired) electrons. The minimum absolute atomic E-state index is 0.0552. The van der Waals surface area contributed by atoms with Crippen LogP contribution in [0, 0.1) is 5.92 Å². The molecule has 5 nitrogen and oxygen atoms in total. The Morgan fingerprint density at radius 3 is 3.31 bits per heavy atom. The number of nitrogens with one attached hydrogen (secondary N) is 1. The van der Waals surface area contributed by atoms with E-state index in [1.54, 1.807) is 0 Å². The van der Waals surface area contributed by atoms with E-state index in [0.717, 1.165) is 26.1 Å². The van der Waals surface area contributed by atoms with E-state index >= 15 is 0 Å². The number of fused-ring (bicyclic) bond motifs is 1. The van der Waals surface area contributed by atoms with Gasteiger partial charge in [0.1, 0.15) is 6.26 Å². The van der Waals surface area contributed by atoms with Gasteiger partial charge in [-0.3, -0.25) is 4.79 Å². The molecule has 86 valence electrons. The molecule has 1 aromatic rings. The number of piperidine rings is 1. The number of aromatic nitrogens is 1. The summed E-state index contributed by atoms with van der Waals surface area (Å²) in [6.45, 7) is 2.81. The van der Waals surface area contributed by atoms with Gasteiger partial charge < -0.3 is 14.7 Å². The van der Waals surface area contributed by atoms with Crippen molar-refractivity contribution in [3.63, 3.8) is 0 Å². The highest BCUT2D eigenvalue weighted by Crippen LogP contribution is 2.27. The van der Waals surface area contributed by atoms with Gasteiger partial charge in [-0.15, -0.1) is 0 Å². The zero-order valence-electron chi connectivity index (χ0n) is 9.06. The van der Waals surface area contributed by atoms with Gasteiger partial charge in [0, 0.05) is 25.7 Å². The van der Waals surface area contributed by atoms with Crippen LogP contribution >= 0.6 is 0 Å². The van der Waals surface area contributed by atoms with Crippen LogP contribution in [0.3, 0.4) is 0 Å². The molecule has 0 saturated carbocycles. The number of rotatable bonds is 1. The number of nitrogens with zero attached hydrogens (tertiary/aromatic N) is 2. The fourth-order valence-corrected chi connectivity index (χ4v) is 2.80. The molecule has 0 aromatic carbocycles. The van der Waals surface area contributed by atoms with E-state index in [9.17, 15) is 4.79 Å². The summed E-state index contributed by atoms with van der Waals surface area (Å²) in [6.07, 6.45) is 5.24. The maximum Gasteiger partial charge on any atom is 0.259 e. The standard InChI is InChI=1S/C11H15N3O2/c15-11(9-5-13-16-7-9)14-3-1-2-8-4-12-6-10(8)14/h5,7-8,10,12H,1-4,6H2. The quantitative estimate of drug-likeness (QED) is 0.750. The molecule has 1 N–H and O–H groups in total. The molecule has 1 amide bonds. The molecule has 16 heavy (non-hydrogen) atoms.